The lowest BCUT2D eigenvalue weighted by Gasteiger charge is -1.82. The van der Waals surface area contributed by atoms with Crippen molar-refractivity contribution in [1.82, 2.24) is 0 Å². The number of hydrogen-bond acceptors (Lipinski definition) is 0. The molecule has 0 heteroatoms. The molecule has 2 rings (SSSR count). The van der Waals surface area contributed by atoms with E-state index >= 15 is 0 Å². The molecule has 1 aliphatic rings. The first-order valence-corrected chi connectivity index (χ1v) is 5.30. The highest BCUT2D eigenvalue weighted by atomic mass is 13.9. The van der Waals surface area contributed by atoms with Gasteiger partial charge in [0.15, 0.2) is 0 Å². The van der Waals surface area contributed by atoms with E-state index in [0.29, 0.717) is 0 Å². The largest absolute Gasteiger partial charge is 0.0807 e. The molecule has 0 saturated carbocycles. The van der Waals surface area contributed by atoms with Crippen LogP contribution in [0.5, 0.6) is 0 Å². The zero-order valence-electron chi connectivity index (χ0n) is 9.48. The van der Waals surface area contributed by atoms with Crippen LogP contribution in [0.2, 0.25) is 0 Å². The third-order valence-electron chi connectivity index (χ3n) is 2.09. The Labute approximate surface area is 92.6 Å². The molecule has 1 aromatic carbocycles. The summed E-state index contributed by atoms with van der Waals surface area (Å²) in [6.45, 7) is 4.19. The second-order valence-electron chi connectivity index (χ2n) is 3.63. The summed E-state index contributed by atoms with van der Waals surface area (Å²) in [6.07, 6.45) is 11.7. The van der Waals surface area contributed by atoms with Gasteiger partial charge in [-0.3, -0.25) is 0 Å². The van der Waals surface area contributed by atoms with Crippen LogP contribution < -0.4 is 0 Å². The molecule has 78 valence electrons. The van der Waals surface area contributed by atoms with Crippen LogP contribution in [0.15, 0.2) is 66.3 Å². The van der Waals surface area contributed by atoms with Crippen LogP contribution in [0.1, 0.15) is 18.9 Å². The summed E-state index contributed by atoms with van der Waals surface area (Å²) in [6, 6.07) is 10.3. The van der Waals surface area contributed by atoms with Crippen LogP contribution in [-0.4, -0.2) is 0 Å². The lowest BCUT2D eigenvalue weighted by molar-refractivity contribution is 1.40. The highest BCUT2D eigenvalue weighted by Gasteiger charge is 1.80. The zero-order chi connectivity index (χ0) is 10.9. The fourth-order valence-corrected chi connectivity index (χ4v) is 1.22. The molecule has 0 heterocycles. The first kappa shape index (κ1) is 11.5. The van der Waals surface area contributed by atoms with Crippen molar-refractivity contribution in [3.8, 4) is 0 Å². The Morgan fingerprint density at radius 3 is 2.27 bits per heavy atom. The summed E-state index contributed by atoms with van der Waals surface area (Å²) < 4.78 is 0. The third-order valence-corrected chi connectivity index (χ3v) is 2.09. The molecule has 0 amide bonds. The van der Waals surface area contributed by atoms with Crippen molar-refractivity contribution >= 4 is 0 Å². The number of benzene rings is 1. The van der Waals surface area contributed by atoms with Crippen LogP contribution >= 0.6 is 0 Å². The molecule has 0 radical (unpaired) electrons. The van der Waals surface area contributed by atoms with Gasteiger partial charge in [-0.25, -0.2) is 0 Å². The maximum absolute atomic E-state index is 2.16. The minimum absolute atomic E-state index is 1.08. The second kappa shape index (κ2) is 6.83. The van der Waals surface area contributed by atoms with Crippen molar-refractivity contribution in [1.29, 1.82) is 0 Å². The van der Waals surface area contributed by atoms with Crippen molar-refractivity contribution in [2.45, 2.75) is 20.3 Å². The van der Waals surface area contributed by atoms with Crippen LogP contribution in [0.3, 0.4) is 0 Å². The molecule has 0 spiro atoms. The molecule has 0 atom stereocenters. The quantitative estimate of drug-likeness (QED) is 0.578. The summed E-state index contributed by atoms with van der Waals surface area (Å²) >= 11 is 0. The zero-order valence-corrected chi connectivity index (χ0v) is 9.48. The van der Waals surface area contributed by atoms with Crippen LogP contribution in [0, 0.1) is 6.92 Å². The number of hydrogen-bond donors (Lipinski definition) is 0. The fraction of sp³-hybridized carbons (Fsp3) is 0.200. The Kier molecular flexibility index (Phi) is 5.24. The minimum atomic E-state index is 1.08. The van der Waals surface area contributed by atoms with Gasteiger partial charge >= 0.3 is 0 Å². The van der Waals surface area contributed by atoms with Gasteiger partial charge in [0.1, 0.15) is 0 Å². The van der Waals surface area contributed by atoms with E-state index in [1.807, 2.05) is 18.2 Å². The van der Waals surface area contributed by atoms with Gasteiger partial charge in [0.05, 0.1) is 0 Å². The van der Waals surface area contributed by atoms with E-state index in [1.54, 1.807) is 0 Å². The second-order valence-corrected chi connectivity index (χ2v) is 3.63. The summed E-state index contributed by atoms with van der Waals surface area (Å²) in [5.74, 6) is 0. The molecular weight excluding hydrogens is 180 g/mol. The van der Waals surface area contributed by atoms with Gasteiger partial charge in [-0.15, -0.1) is 0 Å². The molecule has 0 N–H and O–H groups in total. The minimum Gasteiger partial charge on any atom is -0.0807 e. The van der Waals surface area contributed by atoms with E-state index in [1.165, 1.54) is 11.1 Å². The molecule has 0 unspecified atom stereocenters. The molecule has 1 aromatic rings. The van der Waals surface area contributed by atoms with Crippen molar-refractivity contribution in [2.24, 2.45) is 0 Å². The number of allylic oxidation sites excluding steroid dienone is 6. The van der Waals surface area contributed by atoms with Crippen LogP contribution in [0.25, 0.3) is 0 Å². The molecule has 0 nitrogen and oxygen atoms in total. The van der Waals surface area contributed by atoms with Crippen molar-refractivity contribution < 1.29 is 0 Å². The van der Waals surface area contributed by atoms with Crippen molar-refractivity contribution in [3.63, 3.8) is 0 Å². The number of rotatable bonds is 0. The van der Waals surface area contributed by atoms with Crippen LogP contribution in [0.4, 0.5) is 0 Å². The Hall–Kier alpha value is -1.56. The van der Waals surface area contributed by atoms with Gasteiger partial charge < -0.3 is 0 Å². The molecule has 0 fully saturated rings. The summed E-state index contributed by atoms with van der Waals surface area (Å²) in [4.78, 5) is 0. The third kappa shape index (κ3) is 5.69. The molecule has 0 bridgehead atoms. The maximum atomic E-state index is 2.16. The normalized spacial score (nSPS) is 13.6. The molecule has 0 aliphatic heterocycles. The Bertz CT molecular complexity index is 353. The van der Waals surface area contributed by atoms with E-state index in [0.717, 1.165) is 6.42 Å². The molecule has 0 saturated heterocycles. The van der Waals surface area contributed by atoms with E-state index in [4.69, 9.17) is 0 Å². The average molecular weight is 198 g/mol. The maximum Gasteiger partial charge on any atom is -0.0163 e. The molecular formula is C15H18. The monoisotopic (exact) mass is 198 g/mol. The van der Waals surface area contributed by atoms with Crippen molar-refractivity contribution in [3.05, 3.63) is 71.8 Å². The van der Waals surface area contributed by atoms with E-state index < -0.39 is 0 Å². The standard InChI is InChI=1S/C8H10.C7H8/c1-8-6-4-2-3-5-7-8;1-7-5-3-2-4-6-7/h2,4-7H,3H2,1H3;2-6H,1H3. The highest BCUT2D eigenvalue weighted by molar-refractivity contribution is 5.24. The van der Waals surface area contributed by atoms with Gasteiger partial charge in [-0.1, -0.05) is 71.8 Å². The fourth-order valence-electron chi connectivity index (χ4n) is 1.22. The lowest BCUT2D eigenvalue weighted by Crippen LogP contribution is -1.62. The average Bonchev–Trinajstić information content (AvgIpc) is 2.48. The van der Waals surface area contributed by atoms with E-state index in [9.17, 15) is 0 Å². The van der Waals surface area contributed by atoms with Gasteiger partial charge in [0.2, 0.25) is 0 Å². The first-order chi connectivity index (χ1) is 7.29. The molecule has 0 aromatic heterocycles. The Morgan fingerprint density at radius 2 is 1.67 bits per heavy atom. The summed E-state index contributed by atoms with van der Waals surface area (Å²) in [5, 5.41) is 0. The Balaban J connectivity index is 0.000000151. The molecule has 1 aliphatic carbocycles. The summed E-state index contributed by atoms with van der Waals surface area (Å²) in [7, 11) is 0. The van der Waals surface area contributed by atoms with Gasteiger partial charge in [-0.2, -0.15) is 0 Å². The van der Waals surface area contributed by atoms with E-state index in [2.05, 4.69) is 56.4 Å². The van der Waals surface area contributed by atoms with Crippen molar-refractivity contribution in [2.75, 3.05) is 0 Å². The number of aryl methyl sites for hydroxylation is 1. The van der Waals surface area contributed by atoms with Gasteiger partial charge in [0.25, 0.3) is 0 Å². The smallest absolute Gasteiger partial charge is 0.0163 e. The predicted octanol–water partition coefficient (Wildman–Crippen LogP) is 4.44. The first-order valence-electron chi connectivity index (χ1n) is 5.30. The highest BCUT2D eigenvalue weighted by Crippen LogP contribution is 2.01. The SMILES string of the molecule is CC1=CC=CCC=C1.Cc1ccccc1. The molecule has 15 heavy (non-hydrogen) atoms. The lowest BCUT2D eigenvalue weighted by atomic mass is 10.2. The van der Waals surface area contributed by atoms with E-state index in [-0.39, 0.29) is 0 Å². The van der Waals surface area contributed by atoms with Gasteiger partial charge in [0, 0.05) is 0 Å². The Morgan fingerprint density at radius 1 is 0.933 bits per heavy atom. The summed E-state index contributed by atoms with van der Waals surface area (Å²) in [5.41, 5.74) is 2.65. The predicted molar refractivity (Wildman–Crippen MR) is 67.8 cm³/mol. The van der Waals surface area contributed by atoms with Crippen LogP contribution in [-0.2, 0) is 0 Å². The van der Waals surface area contributed by atoms with Gasteiger partial charge in [-0.05, 0) is 20.3 Å². The topological polar surface area (TPSA) is 0 Å².